The Kier molecular flexibility index (Phi) is 4.42. The van der Waals surface area contributed by atoms with E-state index in [-0.39, 0.29) is 17.9 Å². The Morgan fingerprint density at radius 1 is 1.24 bits per heavy atom. The number of imidazole rings is 1. The van der Waals surface area contributed by atoms with Crippen LogP contribution >= 0.6 is 11.3 Å². The summed E-state index contributed by atoms with van der Waals surface area (Å²) >= 11 is 1.60. The molecule has 0 unspecified atom stereocenters. The second-order valence-corrected chi connectivity index (χ2v) is 9.24. The molecule has 0 bridgehead atoms. The van der Waals surface area contributed by atoms with Crippen LogP contribution in [-0.4, -0.2) is 37.8 Å². The molecule has 1 aliphatic heterocycles. The monoisotopic (exact) mass is 408 g/mol. The summed E-state index contributed by atoms with van der Waals surface area (Å²) in [5.41, 5.74) is 0.707. The van der Waals surface area contributed by atoms with Crippen molar-refractivity contribution in [3.05, 3.63) is 52.5 Å². The number of aromatic nitrogens is 2. The SMILES string of the molecule is C[C@]1(C(=O)NC2CCCC2)Cn2c(nc3ccccc32)C(=O)N1Cc1cccs1. The van der Waals surface area contributed by atoms with Crippen molar-refractivity contribution in [2.75, 3.05) is 0 Å². The van der Waals surface area contributed by atoms with Gasteiger partial charge in [-0.05, 0) is 43.3 Å². The topological polar surface area (TPSA) is 67.2 Å². The Hall–Kier alpha value is -2.67. The number of rotatable bonds is 4. The molecule has 2 aliphatic rings. The summed E-state index contributed by atoms with van der Waals surface area (Å²) in [6, 6.07) is 11.9. The van der Waals surface area contributed by atoms with Crippen molar-refractivity contribution in [2.24, 2.45) is 0 Å². The van der Waals surface area contributed by atoms with Crippen LogP contribution in [-0.2, 0) is 17.9 Å². The summed E-state index contributed by atoms with van der Waals surface area (Å²) in [7, 11) is 0. The molecule has 0 spiro atoms. The van der Waals surface area contributed by atoms with Crippen molar-refractivity contribution in [3.63, 3.8) is 0 Å². The number of carbonyl (C=O) groups is 2. The highest BCUT2D eigenvalue weighted by molar-refractivity contribution is 7.09. The van der Waals surface area contributed by atoms with Gasteiger partial charge in [-0.15, -0.1) is 11.3 Å². The molecular weight excluding hydrogens is 384 g/mol. The summed E-state index contributed by atoms with van der Waals surface area (Å²) in [6.07, 6.45) is 4.32. The normalized spacial score (nSPS) is 22.2. The first kappa shape index (κ1) is 18.4. The second-order valence-electron chi connectivity index (χ2n) is 8.21. The van der Waals surface area contributed by atoms with Gasteiger partial charge < -0.3 is 14.8 Å². The number of nitrogens with zero attached hydrogens (tertiary/aromatic N) is 3. The van der Waals surface area contributed by atoms with E-state index in [1.54, 1.807) is 16.2 Å². The molecule has 3 aromatic rings. The first-order valence-electron chi connectivity index (χ1n) is 10.2. The third kappa shape index (κ3) is 3.04. The number of thiophene rings is 1. The van der Waals surface area contributed by atoms with E-state index in [0.29, 0.717) is 18.9 Å². The molecule has 0 saturated heterocycles. The minimum Gasteiger partial charge on any atom is -0.351 e. The Labute approximate surface area is 173 Å². The molecule has 1 fully saturated rings. The number of para-hydroxylation sites is 2. The average Bonchev–Trinajstić information content (AvgIpc) is 3.47. The lowest BCUT2D eigenvalue weighted by Gasteiger charge is -2.43. The standard InChI is InChI=1S/C22H24N4O2S/c1-22(21(28)23-15-7-2-3-8-15)14-25-18-11-5-4-10-17(18)24-19(25)20(27)26(22)13-16-9-6-12-29-16/h4-6,9-12,15H,2-3,7-8,13-14H2,1H3,(H,23,28)/t22-/m1/s1. The quantitative estimate of drug-likeness (QED) is 0.718. The van der Waals surface area contributed by atoms with Crippen molar-refractivity contribution in [3.8, 4) is 0 Å². The van der Waals surface area contributed by atoms with Gasteiger partial charge in [-0.1, -0.05) is 31.0 Å². The lowest BCUT2D eigenvalue weighted by atomic mass is 9.94. The van der Waals surface area contributed by atoms with Crippen LogP contribution in [0.25, 0.3) is 11.0 Å². The molecule has 3 heterocycles. The number of hydrogen-bond acceptors (Lipinski definition) is 4. The lowest BCUT2D eigenvalue weighted by molar-refractivity contribution is -0.133. The number of nitrogens with one attached hydrogen (secondary N) is 1. The zero-order valence-corrected chi connectivity index (χ0v) is 17.2. The molecule has 1 aromatic carbocycles. The van der Waals surface area contributed by atoms with E-state index in [1.165, 1.54) is 0 Å². The molecule has 1 atom stereocenters. The predicted octanol–water partition coefficient (Wildman–Crippen LogP) is 3.57. The minimum absolute atomic E-state index is 0.0715. The number of hydrogen-bond donors (Lipinski definition) is 1. The van der Waals surface area contributed by atoms with Gasteiger partial charge in [-0.2, -0.15) is 0 Å². The highest BCUT2D eigenvalue weighted by atomic mass is 32.1. The molecule has 2 aromatic heterocycles. The van der Waals surface area contributed by atoms with Gasteiger partial charge >= 0.3 is 0 Å². The molecule has 150 valence electrons. The molecule has 5 rings (SSSR count). The molecule has 6 nitrogen and oxygen atoms in total. The summed E-state index contributed by atoms with van der Waals surface area (Å²) in [5.74, 6) is 0.150. The molecule has 0 radical (unpaired) electrons. The summed E-state index contributed by atoms with van der Waals surface area (Å²) in [4.78, 5) is 34.4. The van der Waals surface area contributed by atoms with E-state index in [2.05, 4.69) is 10.3 Å². The zero-order valence-electron chi connectivity index (χ0n) is 16.4. The number of amides is 2. The van der Waals surface area contributed by atoms with Crippen molar-refractivity contribution < 1.29 is 9.59 Å². The second kappa shape index (κ2) is 6.99. The fraction of sp³-hybridized carbons (Fsp3) is 0.409. The van der Waals surface area contributed by atoms with E-state index in [4.69, 9.17) is 0 Å². The predicted molar refractivity (Wildman–Crippen MR) is 113 cm³/mol. The number of benzene rings is 1. The minimum atomic E-state index is -0.972. The van der Waals surface area contributed by atoms with E-state index in [0.717, 1.165) is 41.6 Å². The van der Waals surface area contributed by atoms with E-state index >= 15 is 0 Å². The fourth-order valence-corrected chi connectivity index (χ4v) is 5.24. The summed E-state index contributed by atoms with van der Waals surface area (Å²) < 4.78 is 1.91. The molecule has 1 saturated carbocycles. The lowest BCUT2D eigenvalue weighted by Crippen LogP contribution is -2.64. The largest absolute Gasteiger partial charge is 0.351 e. The van der Waals surface area contributed by atoms with Crippen molar-refractivity contribution in [1.82, 2.24) is 19.8 Å². The fourth-order valence-electron chi connectivity index (χ4n) is 4.55. The van der Waals surface area contributed by atoms with Gasteiger partial charge in [0.05, 0.1) is 24.1 Å². The van der Waals surface area contributed by atoms with Gasteiger partial charge in [0, 0.05) is 10.9 Å². The van der Waals surface area contributed by atoms with Crippen LogP contribution in [0.3, 0.4) is 0 Å². The van der Waals surface area contributed by atoms with Gasteiger partial charge in [-0.25, -0.2) is 4.98 Å². The van der Waals surface area contributed by atoms with Gasteiger partial charge in [0.15, 0.2) is 5.82 Å². The van der Waals surface area contributed by atoms with E-state index in [1.807, 2.05) is 53.3 Å². The number of carbonyl (C=O) groups excluding carboxylic acids is 2. The Morgan fingerprint density at radius 2 is 2.03 bits per heavy atom. The van der Waals surface area contributed by atoms with Gasteiger partial charge in [0.1, 0.15) is 5.54 Å². The van der Waals surface area contributed by atoms with Crippen LogP contribution in [0.5, 0.6) is 0 Å². The van der Waals surface area contributed by atoms with Gasteiger partial charge in [0.2, 0.25) is 5.91 Å². The highest BCUT2D eigenvalue weighted by Crippen LogP contribution is 2.33. The number of fused-ring (bicyclic) bond motifs is 3. The average molecular weight is 409 g/mol. The van der Waals surface area contributed by atoms with Crippen molar-refractivity contribution in [2.45, 2.75) is 57.3 Å². The smallest absolute Gasteiger partial charge is 0.291 e. The van der Waals surface area contributed by atoms with Crippen LogP contribution in [0.15, 0.2) is 41.8 Å². The maximum absolute atomic E-state index is 13.5. The maximum Gasteiger partial charge on any atom is 0.291 e. The highest BCUT2D eigenvalue weighted by Gasteiger charge is 2.49. The van der Waals surface area contributed by atoms with Crippen LogP contribution < -0.4 is 5.32 Å². The first-order valence-corrected chi connectivity index (χ1v) is 11.0. The molecule has 1 aliphatic carbocycles. The zero-order chi connectivity index (χ0) is 20.0. The van der Waals surface area contributed by atoms with Crippen LogP contribution in [0.4, 0.5) is 0 Å². The molecule has 29 heavy (non-hydrogen) atoms. The summed E-state index contributed by atoms with van der Waals surface area (Å²) in [6.45, 7) is 2.70. The third-order valence-corrected chi connectivity index (χ3v) is 7.09. The van der Waals surface area contributed by atoms with Crippen molar-refractivity contribution in [1.29, 1.82) is 0 Å². The molecule has 7 heteroatoms. The Bertz CT molecular complexity index is 1070. The molecule has 2 amide bonds. The van der Waals surface area contributed by atoms with Crippen LogP contribution in [0.2, 0.25) is 0 Å². The van der Waals surface area contributed by atoms with Crippen molar-refractivity contribution >= 4 is 34.2 Å². The first-order chi connectivity index (χ1) is 14.1. The molecule has 1 N–H and O–H groups in total. The maximum atomic E-state index is 13.5. The van der Waals surface area contributed by atoms with Crippen LogP contribution in [0, 0.1) is 0 Å². The molecular formula is C22H24N4O2S. The van der Waals surface area contributed by atoms with Crippen LogP contribution in [0.1, 0.15) is 48.1 Å². The van der Waals surface area contributed by atoms with E-state index in [9.17, 15) is 9.59 Å². The summed E-state index contributed by atoms with van der Waals surface area (Å²) in [5, 5.41) is 5.22. The third-order valence-electron chi connectivity index (χ3n) is 6.23. The van der Waals surface area contributed by atoms with Gasteiger partial charge in [0.25, 0.3) is 5.91 Å². The van der Waals surface area contributed by atoms with Gasteiger partial charge in [-0.3, -0.25) is 9.59 Å². The Morgan fingerprint density at radius 3 is 2.79 bits per heavy atom. The van der Waals surface area contributed by atoms with E-state index < -0.39 is 5.54 Å². The Balaban J connectivity index is 1.57.